The highest BCUT2D eigenvalue weighted by Gasteiger charge is 2.45. The first-order valence-corrected chi connectivity index (χ1v) is 7.58. The van der Waals surface area contributed by atoms with Crippen molar-refractivity contribution in [2.24, 2.45) is 5.92 Å². The molecule has 0 amide bonds. The predicted octanol–water partition coefficient (Wildman–Crippen LogP) is 4.21. The largest absolute Gasteiger partial charge is 0.487 e. The summed E-state index contributed by atoms with van der Waals surface area (Å²) in [7, 11) is 0. The SMILES string of the molecule is CCC1CCC2(C1)C[C@@H](O)c1ccc(Br)cc1O2. The van der Waals surface area contributed by atoms with Crippen molar-refractivity contribution in [1.29, 1.82) is 0 Å². The van der Waals surface area contributed by atoms with Crippen LogP contribution in [0.4, 0.5) is 0 Å². The van der Waals surface area contributed by atoms with E-state index in [0.717, 1.165) is 41.0 Å². The Balaban J connectivity index is 1.91. The van der Waals surface area contributed by atoms with Crippen molar-refractivity contribution < 1.29 is 9.84 Å². The van der Waals surface area contributed by atoms with Gasteiger partial charge in [-0.2, -0.15) is 0 Å². The number of benzene rings is 1. The zero-order chi connectivity index (χ0) is 12.8. The van der Waals surface area contributed by atoms with Crippen molar-refractivity contribution in [3.05, 3.63) is 28.2 Å². The van der Waals surface area contributed by atoms with Crippen LogP contribution < -0.4 is 4.74 Å². The standard InChI is InChI=1S/C15H19BrO2/c1-2-10-5-6-15(8-10)9-13(17)12-4-3-11(16)7-14(12)18-15/h3-4,7,10,13,17H,2,5-6,8-9H2,1H3/t10?,13-,15?/m1/s1. The number of ether oxygens (including phenoxy) is 1. The lowest BCUT2D eigenvalue weighted by atomic mass is 9.86. The number of aliphatic hydroxyl groups is 1. The van der Waals surface area contributed by atoms with Gasteiger partial charge in [-0.1, -0.05) is 35.3 Å². The maximum atomic E-state index is 10.3. The molecule has 1 saturated carbocycles. The third-order valence-electron chi connectivity index (χ3n) is 4.47. The van der Waals surface area contributed by atoms with Crippen molar-refractivity contribution in [2.45, 2.75) is 50.7 Å². The summed E-state index contributed by atoms with van der Waals surface area (Å²) in [6, 6.07) is 5.91. The molecule has 1 aromatic carbocycles. The fraction of sp³-hybridized carbons (Fsp3) is 0.600. The number of halogens is 1. The minimum Gasteiger partial charge on any atom is -0.487 e. The Kier molecular flexibility index (Phi) is 3.15. The molecule has 1 aliphatic heterocycles. The quantitative estimate of drug-likeness (QED) is 0.841. The van der Waals surface area contributed by atoms with Crippen LogP contribution in [0.5, 0.6) is 5.75 Å². The highest BCUT2D eigenvalue weighted by atomic mass is 79.9. The van der Waals surface area contributed by atoms with Gasteiger partial charge in [-0.05, 0) is 37.3 Å². The third kappa shape index (κ3) is 2.08. The lowest BCUT2D eigenvalue weighted by Gasteiger charge is -2.38. The molecule has 1 heterocycles. The smallest absolute Gasteiger partial charge is 0.127 e. The molecule has 2 unspecified atom stereocenters. The van der Waals surface area contributed by atoms with E-state index >= 15 is 0 Å². The van der Waals surface area contributed by atoms with Gasteiger partial charge in [0, 0.05) is 16.5 Å². The molecular weight excluding hydrogens is 292 g/mol. The summed E-state index contributed by atoms with van der Waals surface area (Å²) >= 11 is 3.47. The molecule has 3 rings (SSSR count). The first-order chi connectivity index (χ1) is 8.62. The minimum absolute atomic E-state index is 0.117. The third-order valence-corrected chi connectivity index (χ3v) is 4.97. The van der Waals surface area contributed by atoms with Gasteiger partial charge in [-0.15, -0.1) is 0 Å². The van der Waals surface area contributed by atoms with Crippen LogP contribution in [0.2, 0.25) is 0 Å². The Bertz CT molecular complexity index is 460. The van der Waals surface area contributed by atoms with Gasteiger partial charge < -0.3 is 9.84 Å². The van der Waals surface area contributed by atoms with E-state index in [4.69, 9.17) is 4.74 Å². The van der Waals surface area contributed by atoms with E-state index in [1.807, 2.05) is 18.2 Å². The Hall–Kier alpha value is -0.540. The molecule has 3 atom stereocenters. The van der Waals surface area contributed by atoms with E-state index in [9.17, 15) is 5.11 Å². The van der Waals surface area contributed by atoms with Crippen LogP contribution in [0.1, 0.15) is 50.7 Å². The highest BCUT2D eigenvalue weighted by molar-refractivity contribution is 9.10. The second-order valence-electron chi connectivity index (χ2n) is 5.70. The molecule has 1 fully saturated rings. The number of fused-ring (bicyclic) bond motifs is 1. The van der Waals surface area contributed by atoms with Gasteiger partial charge in [-0.3, -0.25) is 0 Å². The topological polar surface area (TPSA) is 29.5 Å². The van der Waals surface area contributed by atoms with Crippen LogP contribution in [-0.4, -0.2) is 10.7 Å². The number of hydrogen-bond donors (Lipinski definition) is 1. The molecule has 2 aliphatic rings. The summed E-state index contributed by atoms with van der Waals surface area (Å²) < 4.78 is 7.28. The van der Waals surface area contributed by atoms with Crippen LogP contribution in [0.25, 0.3) is 0 Å². The first kappa shape index (κ1) is 12.5. The molecule has 1 N–H and O–H groups in total. The molecule has 0 saturated heterocycles. The molecule has 0 aromatic heterocycles. The number of aliphatic hydroxyl groups excluding tert-OH is 1. The van der Waals surface area contributed by atoms with E-state index in [0.29, 0.717) is 0 Å². The minimum atomic E-state index is -0.377. The monoisotopic (exact) mass is 310 g/mol. The summed E-state index contributed by atoms with van der Waals surface area (Å²) in [6.07, 6.45) is 4.98. The van der Waals surface area contributed by atoms with Crippen LogP contribution in [-0.2, 0) is 0 Å². The predicted molar refractivity (Wildman–Crippen MR) is 74.7 cm³/mol. The first-order valence-electron chi connectivity index (χ1n) is 6.78. The number of rotatable bonds is 1. The summed E-state index contributed by atoms with van der Waals surface area (Å²) in [5.41, 5.74) is 0.817. The van der Waals surface area contributed by atoms with Gasteiger partial charge in [0.15, 0.2) is 0 Å². The van der Waals surface area contributed by atoms with Gasteiger partial charge in [0.25, 0.3) is 0 Å². The van der Waals surface area contributed by atoms with Crippen molar-refractivity contribution in [1.82, 2.24) is 0 Å². The summed E-state index contributed by atoms with van der Waals surface area (Å²) in [6.45, 7) is 2.24. The highest BCUT2D eigenvalue weighted by Crippen LogP contribution is 2.49. The lowest BCUT2D eigenvalue weighted by molar-refractivity contribution is -0.0122. The molecule has 18 heavy (non-hydrogen) atoms. The zero-order valence-corrected chi connectivity index (χ0v) is 12.2. The molecule has 0 bridgehead atoms. The molecule has 2 nitrogen and oxygen atoms in total. The fourth-order valence-corrected chi connectivity index (χ4v) is 3.77. The summed E-state index contributed by atoms with van der Waals surface area (Å²) in [5.74, 6) is 1.62. The Morgan fingerprint density at radius 2 is 2.28 bits per heavy atom. The molecule has 3 heteroatoms. The maximum Gasteiger partial charge on any atom is 0.127 e. The second kappa shape index (κ2) is 4.53. The van der Waals surface area contributed by atoms with Gasteiger partial charge in [0.2, 0.25) is 0 Å². The van der Waals surface area contributed by atoms with Gasteiger partial charge >= 0.3 is 0 Å². The zero-order valence-electron chi connectivity index (χ0n) is 10.7. The van der Waals surface area contributed by atoms with Crippen molar-refractivity contribution in [3.8, 4) is 5.75 Å². The van der Waals surface area contributed by atoms with Crippen molar-refractivity contribution in [2.75, 3.05) is 0 Å². The van der Waals surface area contributed by atoms with Crippen molar-refractivity contribution >= 4 is 15.9 Å². The molecule has 98 valence electrons. The molecule has 0 radical (unpaired) electrons. The Labute approximate surface area is 116 Å². The van der Waals surface area contributed by atoms with Crippen LogP contribution in [0, 0.1) is 5.92 Å². The van der Waals surface area contributed by atoms with E-state index in [1.165, 1.54) is 12.8 Å². The molecule has 1 aromatic rings. The van der Waals surface area contributed by atoms with Gasteiger partial charge in [0.05, 0.1) is 6.10 Å². The maximum absolute atomic E-state index is 10.3. The van der Waals surface area contributed by atoms with Crippen LogP contribution in [0.15, 0.2) is 22.7 Å². The second-order valence-corrected chi connectivity index (χ2v) is 6.62. The van der Waals surface area contributed by atoms with E-state index in [1.54, 1.807) is 0 Å². The Morgan fingerprint density at radius 1 is 1.44 bits per heavy atom. The average Bonchev–Trinajstić information content (AvgIpc) is 2.71. The summed E-state index contributed by atoms with van der Waals surface area (Å²) in [5, 5.41) is 10.3. The van der Waals surface area contributed by atoms with Crippen LogP contribution >= 0.6 is 15.9 Å². The van der Waals surface area contributed by atoms with Crippen molar-refractivity contribution in [3.63, 3.8) is 0 Å². The normalized spacial score (nSPS) is 34.4. The molecular formula is C15H19BrO2. The molecule has 1 spiro atoms. The number of hydrogen-bond acceptors (Lipinski definition) is 2. The summed E-state index contributed by atoms with van der Waals surface area (Å²) in [4.78, 5) is 0. The fourth-order valence-electron chi connectivity index (χ4n) is 3.43. The Morgan fingerprint density at radius 3 is 3.00 bits per heavy atom. The van der Waals surface area contributed by atoms with E-state index in [2.05, 4.69) is 22.9 Å². The van der Waals surface area contributed by atoms with Gasteiger partial charge in [0.1, 0.15) is 11.4 Å². The molecule has 1 aliphatic carbocycles. The van der Waals surface area contributed by atoms with Gasteiger partial charge in [-0.25, -0.2) is 0 Å². The lowest BCUT2D eigenvalue weighted by Crippen LogP contribution is -2.38. The van der Waals surface area contributed by atoms with E-state index in [-0.39, 0.29) is 11.7 Å². The average molecular weight is 311 g/mol. The van der Waals surface area contributed by atoms with E-state index < -0.39 is 0 Å². The van der Waals surface area contributed by atoms with Crippen LogP contribution in [0.3, 0.4) is 0 Å².